The molecule has 0 radical (unpaired) electrons. The summed E-state index contributed by atoms with van der Waals surface area (Å²) in [6, 6.07) is 84.9. The standard InChI is InChI=1S/C58H39NO/c1-3-14-40(15-4-1)45-18-11-19-46(38-45)42-32-34-48(35-33-42)59(56-37-36-50(43-16-5-2-6-17-43)52-22-7-8-23-53(52)56)49-21-12-20-47(39-49)41-28-30-44(31-29-41)51-25-13-26-55-54-24-9-10-27-57(54)60-58(51)55/h1-39H. The van der Waals surface area contributed by atoms with E-state index in [4.69, 9.17) is 4.42 Å². The number of nitrogens with zero attached hydrogens (tertiary/aromatic N) is 1. The van der Waals surface area contributed by atoms with Gasteiger partial charge in [-0.25, -0.2) is 0 Å². The third kappa shape index (κ3) is 6.41. The van der Waals surface area contributed by atoms with Crippen LogP contribution in [-0.2, 0) is 0 Å². The number of fused-ring (bicyclic) bond motifs is 4. The monoisotopic (exact) mass is 765 g/mol. The average Bonchev–Trinajstić information content (AvgIpc) is 3.72. The van der Waals surface area contributed by atoms with Crippen LogP contribution in [0.5, 0.6) is 0 Å². The van der Waals surface area contributed by atoms with E-state index in [-0.39, 0.29) is 0 Å². The summed E-state index contributed by atoms with van der Waals surface area (Å²) in [5, 5.41) is 4.68. The summed E-state index contributed by atoms with van der Waals surface area (Å²) in [5.41, 5.74) is 16.8. The fraction of sp³-hybridized carbons (Fsp3) is 0. The number of para-hydroxylation sites is 2. The van der Waals surface area contributed by atoms with Crippen LogP contribution in [0, 0.1) is 0 Å². The van der Waals surface area contributed by atoms with Crippen molar-refractivity contribution in [3.63, 3.8) is 0 Å². The molecule has 0 amide bonds. The second-order valence-corrected chi connectivity index (χ2v) is 15.3. The minimum atomic E-state index is 0.910. The lowest BCUT2D eigenvalue weighted by atomic mass is 9.95. The van der Waals surface area contributed by atoms with E-state index in [1.807, 2.05) is 12.1 Å². The van der Waals surface area contributed by atoms with Gasteiger partial charge in [0.1, 0.15) is 11.2 Å². The van der Waals surface area contributed by atoms with E-state index in [0.29, 0.717) is 0 Å². The van der Waals surface area contributed by atoms with E-state index < -0.39 is 0 Å². The molecule has 0 saturated heterocycles. The third-order valence-electron chi connectivity index (χ3n) is 11.7. The first-order valence-electron chi connectivity index (χ1n) is 20.5. The zero-order chi connectivity index (χ0) is 39.8. The second-order valence-electron chi connectivity index (χ2n) is 15.3. The number of furan rings is 1. The first-order chi connectivity index (χ1) is 29.7. The van der Waals surface area contributed by atoms with Crippen LogP contribution in [0.4, 0.5) is 17.1 Å². The van der Waals surface area contributed by atoms with E-state index in [1.165, 1.54) is 44.2 Å². The SMILES string of the molecule is c1ccc(-c2cccc(-c3ccc(N(c4cccc(-c5ccc(-c6cccc7c6oc6ccccc67)cc5)c4)c4ccc(-c5ccccc5)c5ccccc45)cc3)c2)cc1. The highest BCUT2D eigenvalue weighted by atomic mass is 16.3. The Morgan fingerprint density at radius 3 is 1.50 bits per heavy atom. The van der Waals surface area contributed by atoms with Crippen LogP contribution in [-0.4, -0.2) is 0 Å². The summed E-state index contributed by atoms with van der Waals surface area (Å²) in [7, 11) is 0. The maximum atomic E-state index is 6.39. The smallest absolute Gasteiger partial charge is 0.143 e. The van der Waals surface area contributed by atoms with Gasteiger partial charge < -0.3 is 9.32 Å². The molecule has 0 N–H and O–H groups in total. The molecule has 0 spiro atoms. The predicted octanol–water partition coefficient (Wildman–Crippen LogP) is 16.5. The Kier molecular flexibility index (Phi) is 8.87. The van der Waals surface area contributed by atoms with Gasteiger partial charge in [0.25, 0.3) is 0 Å². The van der Waals surface area contributed by atoms with Gasteiger partial charge in [-0.3, -0.25) is 0 Å². The molecule has 0 bridgehead atoms. The van der Waals surface area contributed by atoms with E-state index in [1.54, 1.807) is 0 Å². The molecule has 10 aromatic carbocycles. The first kappa shape index (κ1) is 35.2. The molecule has 0 aliphatic heterocycles. The van der Waals surface area contributed by atoms with Crippen molar-refractivity contribution in [1.29, 1.82) is 0 Å². The molecule has 2 heteroatoms. The van der Waals surface area contributed by atoms with Crippen molar-refractivity contribution in [1.82, 2.24) is 0 Å². The van der Waals surface area contributed by atoms with Crippen LogP contribution < -0.4 is 4.90 Å². The summed E-state index contributed by atoms with van der Waals surface area (Å²) in [6.45, 7) is 0. The van der Waals surface area contributed by atoms with E-state index in [2.05, 4.69) is 229 Å². The van der Waals surface area contributed by atoms with Crippen LogP contribution in [0.25, 0.3) is 88.3 Å². The Morgan fingerprint density at radius 1 is 0.267 bits per heavy atom. The normalized spacial score (nSPS) is 11.3. The van der Waals surface area contributed by atoms with Crippen LogP contribution in [0.2, 0.25) is 0 Å². The van der Waals surface area contributed by atoms with Crippen LogP contribution in [0.3, 0.4) is 0 Å². The summed E-state index contributed by atoms with van der Waals surface area (Å²) in [6.07, 6.45) is 0. The van der Waals surface area contributed by atoms with Crippen molar-refractivity contribution < 1.29 is 4.42 Å². The quantitative estimate of drug-likeness (QED) is 0.153. The highest BCUT2D eigenvalue weighted by molar-refractivity contribution is 6.10. The maximum Gasteiger partial charge on any atom is 0.143 e. The van der Waals surface area contributed by atoms with Crippen molar-refractivity contribution in [2.75, 3.05) is 4.90 Å². The number of anilines is 3. The lowest BCUT2D eigenvalue weighted by molar-refractivity contribution is 0.670. The maximum absolute atomic E-state index is 6.39. The molecule has 0 atom stereocenters. The Bertz CT molecular complexity index is 3290. The Morgan fingerprint density at radius 2 is 0.767 bits per heavy atom. The molecule has 0 fully saturated rings. The molecule has 0 unspecified atom stereocenters. The molecule has 0 aliphatic rings. The molecular weight excluding hydrogens is 727 g/mol. The first-order valence-corrected chi connectivity index (χ1v) is 20.5. The molecule has 2 nitrogen and oxygen atoms in total. The Balaban J connectivity index is 1.00. The Labute approximate surface area is 349 Å². The lowest BCUT2D eigenvalue weighted by Crippen LogP contribution is -2.10. The summed E-state index contributed by atoms with van der Waals surface area (Å²) in [5.74, 6) is 0. The molecule has 282 valence electrons. The van der Waals surface area contributed by atoms with Gasteiger partial charge in [-0.15, -0.1) is 0 Å². The molecule has 1 aromatic heterocycles. The molecular formula is C58H39NO. The van der Waals surface area contributed by atoms with Gasteiger partial charge in [0.2, 0.25) is 0 Å². The molecule has 11 rings (SSSR count). The summed E-state index contributed by atoms with van der Waals surface area (Å²) in [4.78, 5) is 2.40. The van der Waals surface area contributed by atoms with Gasteiger partial charge in [0.15, 0.2) is 0 Å². The van der Waals surface area contributed by atoms with Gasteiger partial charge in [0.05, 0.1) is 5.69 Å². The molecule has 0 saturated carbocycles. The minimum Gasteiger partial charge on any atom is -0.455 e. The van der Waals surface area contributed by atoms with Crippen LogP contribution in [0.1, 0.15) is 0 Å². The van der Waals surface area contributed by atoms with Crippen LogP contribution >= 0.6 is 0 Å². The minimum absolute atomic E-state index is 0.910. The van der Waals surface area contributed by atoms with Crippen molar-refractivity contribution in [3.8, 4) is 55.6 Å². The lowest BCUT2D eigenvalue weighted by Gasteiger charge is -2.28. The average molecular weight is 766 g/mol. The number of hydrogen-bond acceptors (Lipinski definition) is 2. The van der Waals surface area contributed by atoms with Crippen molar-refractivity contribution in [3.05, 3.63) is 237 Å². The van der Waals surface area contributed by atoms with E-state index in [9.17, 15) is 0 Å². The predicted molar refractivity (Wildman–Crippen MR) is 253 cm³/mol. The molecule has 11 aromatic rings. The van der Waals surface area contributed by atoms with Crippen molar-refractivity contribution in [2.24, 2.45) is 0 Å². The molecule has 1 heterocycles. The molecule has 0 aliphatic carbocycles. The molecule has 60 heavy (non-hydrogen) atoms. The van der Waals surface area contributed by atoms with Crippen LogP contribution in [0.15, 0.2) is 241 Å². The summed E-state index contributed by atoms with van der Waals surface area (Å²) < 4.78 is 6.39. The van der Waals surface area contributed by atoms with Gasteiger partial charge >= 0.3 is 0 Å². The fourth-order valence-corrected chi connectivity index (χ4v) is 8.73. The topological polar surface area (TPSA) is 16.4 Å². The van der Waals surface area contributed by atoms with Crippen molar-refractivity contribution >= 4 is 49.8 Å². The summed E-state index contributed by atoms with van der Waals surface area (Å²) >= 11 is 0. The van der Waals surface area contributed by atoms with Gasteiger partial charge in [0, 0.05) is 33.1 Å². The highest BCUT2D eigenvalue weighted by Gasteiger charge is 2.19. The van der Waals surface area contributed by atoms with E-state index >= 15 is 0 Å². The third-order valence-corrected chi connectivity index (χ3v) is 11.7. The van der Waals surface area contributed by atoms with Gasteiger partial charge in [-0.2, -0.15) is 0 Å². The van der Waals surface area contributed by atoms with E-state index in [0.717, 1.165) is 61.3 Å². The second kappa shape index (κ2) is 15.1. The zero-order valence-electron chi connectivity index (χ0n) is 32.9. The highest BCUT2D eigenvalue weighted by Crippen LogP contribution is 2.44. The van der Waals surface area contributed by atoms with Gasteiger partial charge in [-0.05, 0) is 97.9 Å². The fourth-order valence-electron chi connectivity index (χ4n) is 8.73. The Hall–Kier alpha value is -7.94. The largest absolute Gasteiger partial charge is 0.455 e. The van der Waals surface area contributed by atoms with Gasteiger partial charge in [-0.1, -0.05) is 194 Å². The number of benzene rings is 10. The number of rotatable bonds is 8. The van der Waals surface area contributed by atoms with Crippen molar-refractivity contribution in [2.45, 2.75) is 0 Å². The number of hydrogen-bond donors (Lipinski definition) is 0. The zero-order valence-corrected chi connectivity index (χ0v) is 32.9.